The Kier molecular flexibility index (Phi) is 6.28. The van der Waals surface area contributed by atoms with E-state index in [0.29, 0.717) is 16.3 Å². The van der Waals surface area contributed by atoms with Crippen molar-refractivity contribution in [1.82, 2.24) is 0 Å². The maximum Gasteiger partial charge on any atom is 0.416 e. The van der Waals surface area contributed by atoms with E-state index in [1.807, 2.05) is 0 Å². The average molecular weight is 469 g/mol. The van der Waals surface area contributed by atoms with Crippen LogP contribution in [0.25, 0.3) is 0 Å². The lowest BCUT2D eigenvalue weighted by molar-refractivity contribution is -0.137. The highest BCUT2D eigenvalue weighted by Gasteiger charge is 2.31. The standard InChI is InChI=1S/C21H16ClF3N2O3S/c1-13-10-15(21(23,24)25)12-18(11-13)27-31(29,30)19-8-6-17(7-9-19)26-20(28)14-2-4-16(22)5-3-14/h2-12,27H,1H3,(H,26,28). The molecule has 0 aliphatic heterocycles. The maximum atomic E-state index is 13.0. The van der Waals surface area contributed by atoms with E-state index in [9.17, 15) is 26.4 Å². The Bertz CT molecular complexity index is 1210. The van der Waals surface area contributed by atoms with Gasteiger partial charge in [0.25, 0.3) is 15.9 Å². The molecule has 0 aromatic heterocycles. The molecule has 0 unspecified atom stereocenters. The number of aryl methyl sites for hydroxylation is 1. The minimum Gasteiger partial charge on any atom is -0.322 e. The third-order valence-electron chi connectivity index (χ3n) is 4.19. The van der Waals surface area contributed by atoms with E-state index in [-0.39, 0.29) is 16.1 Å². The topological polar surface area (TPSA) is 75.3 Å². The number of anilines is 2. The molecule has 0 heterocycles. The van der Waals surface area contributed by atoms with E-state index in [4.69, 9.17) is 11.6 Å². The molecule has 3 aromatic rings. The second-order valence-electron chi connectivity index (χ2n) is 6.68. The average Bonchev–Trinajstić information content (AvgIpc) is 2.67. The van der Waals surface area contributed by atoms with Gasteiger partial charge >= 0.3 is 6.18 Å². The normalized spacial score (nSPS) is 11.8. The summed E-state index contributed by atoms with van der Waals surface area (Å²) in [5.74, 6) is -0.412. The van der Waals surface area contributed by atoms with Gasteiger partial charge in [0.05, 0.1) is 10.5 Å². The summed E-state index contributed by atoms with van der Waals surface area (Å²) in [6.07, 6.45) is -4.60. The first kappa shape index (κ1) is 22.6. The first-order valence-electron chi connectivity index (χ1n) is 8.83. The van der Waals surface area contributed by atoms with Crippen LogP contribution < -0.4 is 10.0 Å². The SMILES string of the molecule is Cc1cc(NS(=O)(=O)c2ccc(NC(=O)c3ccc(Cl)cc3)cc2)cc(C(F)(F)F)c1. The van der Waals surface area contributed by atoms with E-state index >= 15 is 0 Å². The van der Waals surface area contributed by atoms with Crippen molar-refractivity contribution in [3.63, 3.8) is 0 Å². The fraction of sp³-hybridized carbons (Fsp3) is 0.0952. The fourth-order valence-electron chi connectivity index (χ4n) is 2.74. The summed E-state index contributed by atoms with van der Waals surface area (Å²) in [4.78, 5) is 12.0. The van der Waals surface area contributed by atoms with Crippen LogP contribution >= 0.6 is 11.6 Å². The predicted molar refractivity (Wildman–Crippen MR) is 113 cm³/mol. The lowest BCUT2D eigenvalue weighted by Crippen LogP contribution is -2.15. The second kappa shape index (κ2) is 8.60. The molecule has 0 aliphatic rings. The molecule has 0 radical (unpaired) electrons. The molecule has 3 rings (SSSR count). The molecular formula is C21H16ClF3N2O3S. The highest BCUT2D eigenvalue weighted by molar-refractivity contribution is 7.92. The van der Waals surface area contributed by atoms with Crippen molar-refractivity contribution in [2.24, 2.45) is 0 Å². The zero-order chi connectivity index (χ0) is 22.8. The highest BCUT2D eigenvalue weighted by atomic mass is 35.5. The molecule has 0 saturated carbocycles. The van der Waals surface area contributed by atoms with Gasteiger partial charge in [-0.05, 0) is 79.2 Å². The molecular weight excluding hydrogens is 453 g/mol. The molecule has 1 amide bonds. The Morgan fingerprint density at radius 2 is 1.52 bits per heavy atom. The van der Waals surface area contributed by atoms with Gasteiger partial charge < -0.3 is 5.32 Å². The second-order valence-corrected chi connectivity index (χ2v) is 8.80. The van der Waals surface area contributed by atoms with Gasteiger partial charge in [-0.15, -0.1) is 0 Å². The molecule has 0 saturated heterocycles. The molecule has 162 valence electrons. The summed E-state index contributed by atoms with van der Waals surface area (Å²) in [6, 6.07) is 14.4. The van der Waals surface area contributed by atoms with Crippen LogP contribution in [-0.2, 0) is 16.2 Å². The van der Waals surface area contributed by atoms with Gasteiger partial charge in [-0.25, -0.2) is 8.42 Å². The molecule has 0 fully saturated rings. The number of halogens is 4. The molecule has 0 aliphatic carbocycles. The number of nitrogens with one attached hydrogen (secondary N) is 2. The lowest BCUT2D eigenvalue weighted by atomic mass is 10.1. The highest BCUT2D eigenvalue weighted by Crippen LogP contribution is 2.32. The molecule has 3 aromatic carbocycles. The van der Waals surface area contributed by atoms with Gasteiger partial charge in [0.2, 0.25) is 0 Å². The van der Waals surface area contributed by atoms with Gasteiger partial charge in [-0.2, -0.15) is 13.2 Å². The zero-order valence-electron chi connectivity index (χ0n) is 16.0. The Morgan fingerprint density at radius 3 is 2.10 bits per heavy atom. The van der Waals surface area contributed by atoms with E-state index in [1.54, 1.807) is 12.1 Å². The molecule has 31 heavy (non-hydrogen) atoms. The van der Waals surface area contributed by atoms with Crippen molar-refractivity contribution in [3.05, 3.63) is 88.4 Å². The number of benzene rings is 3. The number of alkyl halides is 3. The molecule has 0 atom stereocenters. The van der Waals surface area contributed by atoms with Crippen molar-refractivity contribution in [2.45, 2.75) is 18.0 Å². The summed E-state index contributed by atoms with van der Waals surface area (Å²) in [7, 11) is -4.14. The third-order valence-corrected chi connectivity index (χ3v) is 5.83. The van der Waals surface area contributed by atoms with E-state index in [1.165, 1.54) is 49.4 Å². The minimum atomic E-state index is -4.60. The smallest absolute Gasteiger partial charge is 0.322 e. The van der Waals surface area contributed by atoms with Gasteiger partial charge in [0.15, 0.2) is 0 Å². The fourth-order valence-corrected chi connectivity index (χ4v) is 3.91. The Balaban J connectivity index is 1.76. The summed E-state index contributed by atoms with van der Waals surface area (Å²) >= 11 is 5.78. The first-order chi connectivity index (χ1) is 14.4. The minimum absolute atomic E-state index is 0.174. The van der Waals surface area contributed by atoms with Crippen LogP contribution in [0.5, 0.6) is 0 Å². The van der Waals surface area contributed by atoms with Gasteiger partial charge in [-0.3, -0.25) is 9.52 Å². The van der Waals surface area contributed by atoms with Crippen LogP contribution in [-0.4, -0.2) is 14.3 Å². The van der Waals surface area contributed by atoms with Crippen molar-refractivity contribution in [1.29, 1.82) is 0 Å². The van der Waals surface area contributed by atoms with Crippen molar-refractivity contribution < 1.29 is 26.4 Å². The van der Waals surface area contributed by atoms with Crippen LogP contribution in [0.2, 0.25) is 5.02 Å². The summed E-state index contributed by atoms with van der Waals surface area (Å²) in [6.45, 7) is 1.44. The first-order valence-corrected chi connectivity index (χ1v) is 10.7. The molecule has 2 N–H and O–H groups in total. The van der Waals surface area contributed by atoms with Gasteiger partial charge in [-0.1, -0.05) is 11.6 Å². The predicted octanol–water partition coefficient (Wildman–Crippen LogP) is 5.72. The summed E-state index contributed by atoms with van der Waals surface area (Å²) < 4.78 is 66.2. The number of rotatable bonds is 5. The van der Waals surface area contributed by atoms with Gasteiger partial charge in [0.1, 0.15) is 0 Å². The van der Waals surface area contributed by atoms with Crippen LogP contribution in [0.3, 0.4) is 0 Å². The van der Waals surface area contributed by atoms with E-state index < -0.39 is 27.7 Å². The van der Waals surface area contributed by atoms with Crippen LogP contribution in [0, 0.1) is 6.92 Å². The zero-order valence-corrected chi connectivity index (χ0v) is 17.6. The largest absolute Gasteiger partial charge is 0.416 e. The molecule has 10 heteroatoms. The number of hydrogen-bond acceptors (Lipinski definition) is 3. The van der Waals surface area contributed by atoms with Crippen LogP contribution in [0.15, 0.2) is 71.6 Å². The van der Waals surface area contributed by atoms with E-state index in [2.05, 4.69) is 10.0 Å². The monoisotopic (exact) mass is 468 g/mol. The number of carbonyl (C=O) groups excluding carboxylic acids is 1. The van der Waals surface area contributed by atoms with Crippen LogP contribution in [0.4, 0.5) is 24.5 Å². The Morgan fingerprint density at radius 1 is 0.903 bits per heavy atom. The van der Waals surface area contributed by atoms with Gasteiger partial charge in [0, 0.05) is 22.0 Å². The summed E-state index contributed by atoms with van der Waals surface area (Å²) in [5.41, 5.74) is -0.192. The quantitative estimate of drug-likeness (QED) is 0.503. The molecule has 0 spiro atoms. The Hall–Kier alpha value is -3.04. The van der Waals surface area contributed by atoms with Crippen molar-refractivity contribution >= 4 is 38.9 Å². The van der Waals surface area contributed by atoms with Crippen molar-refractivity contribution in [2.75, 3.05) is 10.0 Å². The van der Waals surface area contributed by atoms with Crippen molar-refractivity contribution in [3.8, 4) is 0 Å². The van der Waals surface area contributed by atoms with E-state index in [0.717, 1.165) is 12.1 Å². The number of sulfonamides is 1. The number of hydrogen-bond donors (Lipinski definition) is 2. The number of amides is 1. The molecule has 5 nitrogen and oxygen atoms in total. The maximum absolute atomic E-state index is 13.0. The lowest BCUT2D eigenvalue weighted by Gasteiger charge is -2.13. The molecule has 0 bridgehead atoms. The third kappa shape index (κ3) is 5.77. The summed E-state index contributed by atoms with van der Waals surface area (Å²) in [5, 5.41) is 3.10. The van der Waals surface area contributed by atoms with Crippen LogP contribution in [0.1, 0.15) is 21.5 Å². The number of carbonyl (C=O) groups is 1. The Labute approximate surface area is 181 Å².